The van der Waals surface area contributed by atoms with Crippen LogP contribution in [0.15, 0.2) is 224 Å². The fourth-order valence-electron chi connectivity index (χ4n) is 8.98. The van der Waals surface area contributed by atoms with Crippen molar-refractivity contribution in [3.8, 4) is 79.1 Å². The van der Waals surface area contributed by atoms with E-state index in [1.165, 1.54) is 5.39 Å². The molecule has 294 valence electrons. The summed E-state index contributed by atoms with van der Waals surface area (Å²) in [7, 11) is 0. The Bertz CT molecular complexity index is 3540. The summed E-state index contributed by atoms with van der Waals surface area (Å²) >= 11 is 0. The van der Waals surface area contributed by atoms with Crippen molar-refractivity contribution in [1.82, 2.24) is 24.3 Å². The van der Waals surface area contributed by atoms with Crippen LogP contribution in [-0.4, -0.2) is 24.3 Å². The van der Waals surface area contributed by atoms with Gasteiger partial charge in [0, 0.05) is 38.6 Å². The van der Waals surface area contributed by atoms with Crippen molar-refractivity contribution < 1.29 is 0 Å². The first-order valence-electron chi connectivity index (χ1n) is 21.2. The lowest BCUT2D eigenvalue weighted by molar-refractivity contribution is 1.05. The molecule has 0 saturated heterocycles. The van der Waals surface area contributed by atoms with Crippen LogP contribution in [0.4, 0.5) is 0 Å². The summed E-state index contributed by atoms with van der Waals surface area (Å²) in [5, 5.41) is 6.85. The van der Waals surface area contributed by atoms with Crippen LogP contribution in [0.25, 0.3) is 117 Å². The first-order valence-corrected chi connectivity index (χ1v) is 21.2. The lowest BCUT2D eigenvalue weighted by Gasteiger charge is -2.13. The van der Waals surface area contributed by atoms with Crippen LogP contribution < -0.4 is 0 Å². The predicted molar refractivity (Wildman–Crippen MR) is 259 cm³/mol. The summed E-state index contributed by atoms with van der Waals surface area (Å²) in [6, 6.07) is 78.5. The van der Waals surface area contributed by atoms with E-state index >= 15 is 0 Å². The average Bonchev–Trinajstić information content (AvgIpc) is 3.70. The number of hydrogen-bond donors (Lipinski definition) is 0. The molecule has 0 unspecified atom stereocenters. The van der Waals surface area contributed by atoms with E-state index in [9.17, 15) is 0 Å². The van der Waals surface area contributed by atoms with E-state index in [1.807, 2.05) is 18.2 Å². The van der Waals surface area contributed by atoms with Gasteiger partial charge in [0.15, 0.2) is 11.6 Å². The summed E-state index contributed by atoms with van der Waals surface area (Å²) < 4.78 is 2.23. The minimum atomic E-state index is 0.692. The lowest BCUT2D eigenvalue weighted by atomic mass is 9.98. The number of nitrogens with zero attached hydrogens (tertiary/aromatic N) is 5. The highest BCUT2D eigenvalue weighted by Crippen LogP contribution is 2.39. The Hall–Kier alpha value is -8.54. The SMILES string of the molecule is c1ccc(-c2nc(-c3ccc(-c4ccc(-c5cc(-c6cccc7ccccc67)nc(-c6cccc7ccccc67)n5)cc4)cc3)n3c(-c4ccccc4)c4ccccc4c3n2)cc1. The van der Waals surface area contributed by atoms with Crippen LogP contribution in [0.2, 0.25) is 0 Å². The maximum absolute atomic E-state index is 5.30. The zero-order chi connectivity index (χ0) is 41.7. The predicted octanol–water partition coefficient (Wildman–Crippen LogP) is 14.6. The molecule has 0 saturated carbocycles. The van der Waals surface area contributed by atoms with Gasteiger partial charge in [-0.15, -0.1) is 0 Å². The third-order valence-corrected chi connectivity index (χ3v) is 12.1. The number of aromatic nitrogens is 5. The van der Waals surface area contributed by atoms with Crippen LogP contribution in [0, 0.1) is 0 Å². The van der Waals surface area contributed by atoms with E-state index in [-0.39, 0.29) is 0 Å². The van der Waals surface area contributed by atoms with Crippen molar-refractivity contribution in [2.45, 2.75) is 0 Å². The van der Waals surface area contributed by atoms with E-state index in [0.717, 1.165) is 100.0 Å². The molecule has 0 aliphatic heterocycles. The number of fused-ring (bicyclic) bond motifs is 5. The van der Waals surface area contributed by atoms with E-state index in [4.69, 9.17) is 19.9 Å². The maximum atomic E-state index is 5.30. The average molecular weight is 804 g/mol. The fourth-order valence-corrected chi connectivity index (χ4v) is 8.98. The Kier molecular flexibility index (Phi) is 8.75. The monoisotopic (exact) mass is 803 g/mol. The van der Waals surface area contributed by atoms with Gasteiger partial charge in [0.1, 0.15) is 11.5 Å². The van der Waals surface area contributed by atoms with Crippen LogP contribution in [0.5, 0.6) is 0 Å². The molecule has 0 spiro atoms. The standard InChI is InChI=1S/C58H37N5/c1-3-17-43(18-4-1)54-49-25-11-12-26-51(49)58-62-55(44-19-5-2-6-20-44)61-57(63(54)58)45-35-31-39(32-36-45)38-29-33-42(34-30-38)52-37-53(48-27-13-21-40-15-7-9-23-46(40)48)60-56(59-52)50-28-14-22-41-16-8-10-24-47(41)50/h1-37H. The largest absolute Gasteiger partial charge is 0.277 e. The molecule has 0 amide bonds. The molecule has 0 N–H and O–H groups in total. The molecule has 0 bridgehead atoms. The first kappa shape index (κ1) is 36.3. The molecule has 0 fully saturated rings. The van der Waals surface area contributed by atoms with Crippen molar-refractivity contribution in [3.05, 3.63) is 224 Å². The second kappa shape index (κ2) is 15.2. The zero-order valence-corrected chi connectivity index (χ0v) is 34.1. The molecular weight excluding hydrogens is 767 g/mol. The molecule has 5 heteroatoms. The van der Waals surface area contributed by atoms with Crippen molar-refractivity contribution in [1.29, 1.82) is 0 Å². The van der Waals surface area contributed by atoms with Crippen molar-refractivity contribution in [3.63, 3.8) is 0 Å². The van der Waals surface area contributed by atoms with Gasteiger partial charge >= 0.3 is 0 Å². The number of hydrogen-bond acceptors (Lipinski definition) is 4. The maximum Gasteiger partial charge on any atom is 0.163 e. The van der Waals surface area contributed by atoms with E-state index in [2.05, 4.69) is 211 Å². The normalized spacial score (nSPS) is 11.5. The zero-order valence-electron chi connectivity index (χ0n) is 34.1. The van der Waals surface area contributed by atoms with Crippen LogP contribution in [0.1, 0.15) is 0 Å². The van der Waals surface area contributed by atoms with Gasteiger partial charge in [0.25, 0.3) is 0 Å². The molecule has 0 atom stereocenters. The van der Waals surface area contributed by atoms with Gasteiger partial charge in [-0.1, -0.05) is 218 Å². The Morgan fingerprint density at radius 2 is 0.778 bits per heavy atom. The van der Waals surface area contributed by atoms with Crippen molar-refractivity contribution >= 4 is 38.0 Å². The Labute approximate surface area is 364 Å². The lowest BCUT2D eigenvalue weighted by Crippen LogP contribution is -2.03. The highest BCUT2D eigenvalue weighted by atomic mass is 15.1. The van der Waals surface area contributed by atoms with Crippen molar-refractivity contribution in [2.24, 2.45) is 0 Å². The summed E-state index contributed by atoms with van der Waals surface area (Å²) in [4.78, 5) is 21.0. The number of rotatable bonds is 7. The quantitative estimate of drug-likeness (QED) is 0.161. The number of benzene rings is 9. The van der Waals surface area contributed by atoms with Crippen LogP contribution in [-0.2, 0) is 0 Å². The molecule has 0 aliphatic carbocycles. The minimum Gasteiger partial charge on any atom is -0.277 e. The second-order valence-electron chi connectivity index (χ2n) is 15.8. The summed E-state index contributed by atoms with van der Waals surface area (Å²) in [6.45, 7) is 0. The minimum absolute atomic E-state index is 0.692. The van der Waals surface area contributed by atoms with Crippen LogP contribution in [0.3, 0.4) is 0 Å². The van der Waals surface area contributed by atoms with Crippen LogP contribution >= 0.6 is 0 Å². The molecule has 5 nitrogen and oxygen atoms in total. The molecule has 9 aromatic carbocycles. The third kappa shape index (κ3) is 6.42. The van der Waals surface area contributed by atoms with Gasteiger partial charge in [-0.25, -0.2) is 19.9 Å². The van der Waals surface area contributed by atoms with E-state index in [0.29, 0.717) is 11.6 Å². The van der Waals surface area contributed by atoms with Gasteiger partial charge in [0.2, 0.25) is 0 Å². The molecule has 12 aromatic rings. The molecular formula is C58H37N5. The Morgan fingerprint density at radius 3 is 1.44 bits per heavy atom. The molecule has 63 heavy (non-hydrogen) atoms. The van der Waals surface area contributed by atoms with E-state index in [1.54, 1.807) is 0 Å². The topological polar surface area (TPSA) is 56.0 Å². The third-order valence-electron chi connectivity index (χ3n) is 12.1. The van der Waals surface area contributed by atoms with Gasteiger partial charge in [0.05, 0.1) is 17.1 Å². The molecule has 12 rings (SSSR count). The first-order chi connectivity index (χ1) is 31.2. The van der Waals surface area contributed by atoms with E-state index < -0.39 is 0 Å². The molecule has 0 radical (unpaired) electrons. The van der Waals surface area contributed by atoms with Gasteiger partial charge in [-0.3, -0.25) is 4.40 Å². The summed E-state index contributed by atoms with van der Waals surface area (Å²) in [6.07, 6.45) is 0. The highest BCUT2D eigenvalue weighted by molar-refractivity contribution is 6.06. The van der Waals surface area contributed by atoms with Gasteiger partial charge in [-0.2, -0.15) is 0 Å². The summed E-state index contributed by atoms with van der Waals surface area (Å²) in [5.41, 5.74) is 12.1. The Balaban J connectivity index is 0.959. The summed E-state index contributed by atoms with van der Waals surface area (Å²) in [5.74, 6) is 2.23. The smallest absolute Gasteiger partial charge is 0.163 e. The fraction of sp³-hybridized carbons (Fsp3) is 0. The molecule has 3 heterocycles. The molecule has 3 aromatic heterocycles. The van der Waals surface area contributed by atoms with Crippen molar-refractivity contribution in [2.75, 3.05) is 0 Å². The van der Waals surface area contributed by atoms with Gasteiger partial charge in [-0.05, 0) is 44.3 Å². The van der Waals surface area contributed by atoms with Gasteiger partial charge < -0.3 is 0 Å². The highest BCUT2D eigenvalue weighted by Gasteiger charge is 2.21. The second-order valence-corrected chi connectivity index (χ2v) is 15.8. The Morgan fingerprint density at radius 1 is 0.286 bits per heavy atom. The molecule has 0 aliphatic rings.